The second-order valence-corrected chi connectivity index (χ2v) is 5.84. The monoisotopic (exact) mass is 320 g/mol. The Morgan fingerprint density at radius 2 is 1.86 bits per heavy atom. The third-order valence-electron chi connectivity index (χ3n) is 3.59. The fourth-order valence-corrected chi connectivity index (χ4v) is 2.79. The highest BCUT2D eigenvalue weighted by Crippen LogP contribution is 2.26. The molecule has 2 aromatic carbocycles. The summed E-state index contributed by atoms with van der Waals surface area (Å²) in [6.07, 6.45) is 0.868. The minimum atomic E-state index is -0.159. The van der Waals surface area contributed by atoms with Gasteiger partial charge in [0.05, 0.1) is 10.7 Å². The van der Waals surface area contributed by atoms with E-state index in [1.807, 2.05) is 12.1 Å². The molecule has 21 heavy (non-hydrogen) atoms. The number of fused-ring (bicyclic) bond motifs is 1. The largest absolute Gasteiger partial charge is 0.322 e. The van der Waals surface area contributed by atoms with E-state index >= 15 is 0 Å². The zero-order valence-electron chi connectivity index (χ0n) is 11.3. The van der Waals surface area contributed by atoms with Gasteiger partial charge in [0, 0.05) is 18.1 Å². The van der Waals surface area contributed by atoms with Crippen LogP contribution in [0.1, 0.15) is 11.1 Å². The maximum atomic E-state index is 12.4. The van der Waals surface area contributed by atoms with Gasteiger partial charge in [0.2, 0.25) is 0 Å². The van der Waals surface area contributed by atoms with Crippen molar-refractivity contribution in [3.8, 4) is 0 Å². The van der Waals surface area contributed by atoms with Crippen LogP contribution in [0.5, 0.6) is 0 Å². The summed E-state index contributed by atoms with van der Waals surface area (Å²) in [7, 11) is 0. The Balaban J connectivity index is 1.74. The van der Waals surface area contributed by atoms with E-state index in [2.05, 4.69) is 17.4 Å². The van der Waals surface area contributed by atoms with Crippen molar-refractivity contribution in [3.63, 3.8) is 0 Å². The first-order chi connectivity index (χ1) is 10.1. The molecule has 2 amide bonds. The van der Waals surface area contributed by atoms with Crippen molar-refractivity contribution in [2.75, 3.05) is 11.9 Å². The van der Waals surface area contributed by atoms with Gasteiger partial charge in [-0.15, -0.1) is 0 Å². The van der Waals surface area contributed by atoms with E-state index in [1.165, 1.54) is 11.1 Å². The quantitative estimate of drug-likeness (QED) is 0.819. The lowest BCUT2D eigenvalue weighted by Crippen LogP contribution is -2.38. The predicted molar refractivity (Wildman–Crippen MR) is 86.0 cm³/mol. The zero-order valence-corrected chi connectivity index (χ0v) is 12.8. The van der Waals surface area contributed by atoms with Gasteiger partial charge in [0.15, 0.2) is 0 Å². The number of nitrogens with one attached hydrogen (secondary N) is 1. The second kappa shape index (κ2) is 5.96. The first-order valence-corrected chi connectivity index (χ1v) is 7.47. The standard InChI is InChI=1S/C16H14Cl2N2O/c17-13-5-6-14(18)15(9-13)19-16(21)20-8-7-11-3-1-2-4-12(11)10-20/h1-6,9H,7-8,10H2,(H,19,21). The van der Waals surface area contributed by atoms with Crippen LogP contribution in [0.4, 0.5) is 10.5 Å². The van der Waals surface area contributed by atoms with Crippen LogP contribution in [-0.2, 0) is 13.0 Å². The van der Waals surface area contributed by atoms with Crippen LogP contribution >= 0.6 is 23.2 Å². The normalized spacial score (nSPS) is 13.7. The molecule has 1 aliphatic heterocycles. The third kappa shape index (κ3) is 3.14. The first kappa shape index (κ1) is 14.2. The van der Waals surface area contributed by atoms with E-state index in [0.717, 1.165) is 6.42 Å². The molecule has 0 bridgehead atoms. The van der Waals surface area contributed by atoms with Crippen LogP contribution in [0.2, 0.25) is 10.0 Å². The van der Waals surface area contributed by atoms with E-state index in [4.69, 9.17) is 23.2 Å². The summed E-state index contributed by atoms with van der Waals surface area (Å²) in [6, 6.07) is 13.0. The summed E-state index contributed by atoms with van der Waals surface area (Å²) in [5.41, 5.74) is 3.03. The maximum Gasteiger partial charge on any atom is 0.322 e. The van der Waals surface area contributed by atoms with Crippen molar-refractivity contribution in [2.24, 2.45) is 0 Å². The van der Waals surface area contributed by atoms with E-state index < -0.39 is 0 Å². The topological polar surface area (TPSA) is 32.3 Å². The number of anilines is 1. The molecule has 0 spiro atoms. The zero-order chi connectivity index (χ0) is 14.8. The molecule has 0 atom stereocenters. The van der Waals surface area contributed by atoms with E-state index in [1.54, 1.807) is 23.1 Å². The Kier molecular flexibility index (Phi) is 4.04. The number of amides is 2. The van der Waals surface area contributed by atoms with Crippen molar-refractivity contribution in [1.82, 2.24) is 4.90 Å². The highest BCUT2D eigenvalue weighted by atomic mass is 35.5. The van der Waals surface area contributed by atoms with Crippen LogP contribution < -0.4 is 5.32 Å². The number of benzene rings is 2. The Labute approximate surface area is 133 Å². The van der Waals surface area contributed by atoms with Crippen molar-refractivity contribution in [1.29, 1.82) is 0 Å². The highest BCUT2D eigenvalue weighted by molar-refractivity contribution is 6.35. The molecule has 3 nitrogen and oxygen atoms in total. The van der Waals surface area contributed by atoms with Gasteiger partial charge < -0.3 is 10.2 Å². The minimum Gasteiger partial charge on any atom is -0.320 e. The summed E-state index contributed by atoms with van der Waals surface area (Å²) >= 11 is 12.0. The molecule has 3 rings (SSSR count). The summed E-state index contributed by atoms with van der Waals surface area (Å²) in [5, 5.41) is 3.84. The fourth-order valence-electron chi connectivity index (χ4n) is 2.46. The molecule has 108 valence electrons. The Morgan fingerprint density at radius 1 is 1.10 bits per heavy atom. The van der Waals surface area contributed by atoms with Crippen LogP contribution in [-0.4, -0.2) is 17.5 Å². The average molecular weight is 321 g/mol. The molecule has 0 fully saturated rings. The molecule has 0 radical (unpaired) electrons. The molecule has 0 aromatic heterocycles. The van der Waals surface area contributed by atoms with Gasteiger partial charge in [-0.3, -0.25) is 0 Å². The van der Waals surface area contributed by atoms with Gasteiger partial charge in [-0.05, 0) is 35.7 Å². The molecule has 2 aromatic rings. The summed E-state index contributed by atoms with van der Waals surface area (Å²) < 4.78 is 0. The molecular weight excluding hydrogens is 307 g/mol. The van der Waals surface area contributed by atoms with Gasteiger partial charge in [-0.1, -0.05) is 47.5 Å². The number of carbonyl (C=O) groups is 1. The van der Waals surface area contributed by atoms with Crippen LogP contribution in [0, 0.1) is 0 Å². The predicted octanol–water partition coefficient (Wildman–Crippen LogP) is 4.58. The number of urea groups is 1. The van der Waals surface area contributed by atoms with Crippen molar-refractivity contribution in [3.05, 3.63) is 63.6 Å². The number of hydrogen-bond acceptors (Lipinski definition) is 1. The third-order valence-corrected chi connectivity index (χ3v) is 4.15. The van der Waals surface area contributed by atoms with Crippen LogP contribution in [0.3, 0.4) is 0 Å². The number of hydrogen-bond donors (Lipinski definition) is 1. The van der Waals surface area contributed by atoms with Crippen molar-refractivity contribution >= 4 is 34.9 Å². The highest BCUT2D eigenvalue weighted by Gasteiger charge is 2.20. The first-order valence-electron chi connectivity index (χ1n) is 6.71. The minimum absolute atomic E-state index is 0.159. The molecule has 1 heterocycles. The number of halogens is 2. The van der Waals surface area contributed by atoms with Gasteiger partial charge in [0.1, 0.15) is 0 Å². The molecule has 0 aliphatic carbocycles. The number of nitrogens with zero attached hydrogens (tertiary/aromatic N) is 1. The molecular formula is C16H14Cl2N2O. The molecule has 0 unspecified atom stereocenters. The average Bonchev–Trinajstić information content (AvgIpc) is 2.50. The van der Waals surface area contributed by atoms with E-state index in [-0.39, 0.29) is 6.03 Å². The smallest absolute Gasteiger partial charge is 0.320 e. The van der Waals surface area contributed by atoms with Crippen LogP contribution in [0.15, 0.2) is 42.5 Å². The van der Waals surface area contributed by atoms with Crippen molar-refractivity contribution in [2.45, 2.75) is 13.0 Å². The summed E-state index contributed by atoms with van der Waals surface area (Å²) in [6.45, 7) is 1.31. The lowest BCUT2D eigenvalue weighted by molar-refractivity contribution is 0.206. The van der Waals surface area contributed by atoms with E-state index in [0.29, 0.717) is 28.8 Å². The fraction of sp³-hybridized carbons (Fsp3) is 0.188. The summed E-state index contributed by atoms with van der Waals surface area (Å²) in [4.78, 5) is 14.1. The SMILES string of the molecule is O=C(Nc1cc(Cl)ccc1Cl)N1CCc2ccccc2C1. The molecule has 0 saturated heterocycles. The van der Waals surface area contributed by atoms with Gasteiger partial charge >= 0.3 is 6.03 Å². The second-order valence-electron chi connectivity index (χ2n) is 4.99. The molecule has 1 aliphatic rings. The Hall–Kier alpha value is -1.71. The van der Waals surface area contributed by atoms with Gasteiger partial charge in [-0.2, -0.15) is 0 Å². The van der Waals surface area contributed by atoms with Gasteiger partial charge in [-0.25, -0.2) is 4.79 Å². The lowest BCUT2D eigenvalue weighted by Gasteiger charge is -2.29. The number of carbonyl (C=O) groups excluding carboxylic acids is 1. The Bertz CT molecular complexity index is 688. The molecule has 1 N–H and O–H groups in total. The molecule has 0 saturated carbocycles. The van der Waals surface area contributed by atoms with E-state index in [9.17, 15) is 4.79 Å². The number of rotatable bonds is 1. The maximum absolute atomic E-state index is 12.4. The van der Waals surface area contributed by atoms with Crippen LogP contribution in [0.25, 0.3) is 0 Å². The van der Waals surface area contributed by atoms with Crippen molar-refractivity contribution < 1.29 is 4.79 Å². The lowest BCUT2D eigenvalue weighted by atomic mass is 10.0. The summed E-state index contributed by atoms with van der Waals surface area (Å²) in [5.74, 6) is 0. The van der Waals surface area contributed by atoms with Gasteiger partial charge in [0.25, 0.3) is 0 Å². The Morgan fingerprint density at radius 3 is 2.67 bits per heavy atom. The molecule has 5 heteroatoms.